The number of hydrogen-bond donors (Lipinski definition) is 1. The van der Waals surface area contributed by atoms with Crippen LogP contribution in [0.2, 0.25) is 0 Å². The van der Waals surface area contributed by atoms with Crippen LogP contribution in [0.4, 0.5) is 5.82 Å². The van der Waals surface area contributed by atoms with Crippen molar-refractivity contribution in [3.05, 3.63) is 30.4 Å². The topological polar surface area (TPSA) is 72.7 Å². The number of alkyl halides is 1. The molecule has 0 fully saturated rings. The summed E-state index contributed by atoms with van der Waals surface area (Å²) >= 11 is 5.38. The predicted octanol–water partition coefficient (Wildman–Crippen LogP) is 1.15. The Kier molecular flexibility index (Phi) is 3.34. The molecule has 1 amide bonds. The lowest BCUT2D eigenvalue weighted by Gasteiger charge is -2.00. The fourth-order valence-electron chi connectivity index (χ4n) is 1.27. The van der Waals surface area contributed by atoms with Crippen molar-refractivity contribution >= 4 is 23.3 Å². The molecule has 0 spiro atoms. The zero-order chi connectivity index (χ0) is 12.3. The normalized spacial score (nSPS) is 10.2. The summed E-state index contributed by atoms with van der Waals surface area (Å²) in [5.41, 5.74) is 0. The summed E-state index contributed by atoms with van der Waals surface area (Å²) in [6, 6.07) is 3.40. The highest BCUT2D eigenvalue weighted by Crippen LogP contribution is 2.07. The number of carbonyl (C=O) groups excluding carboxylic acids is 1. The lowest BCUT2D eigenvalue weighted by Crippen LogP contribution is -2.13. The number of anilines is 1. The van der Waals surface area contributed by atoms with Gasteiger partial charge in [-0.05, 0) is 6.92 Å². The van der Waals surface area contributed by atoms with E-state index in [-0.39, 0.29) is 11.8 Å². The van der Waals surface area contributed by atoms with E-state index in [4.69, 9.17) is 11.6 Å². The van der Waals surface area contributed by atoms with Crippen molar-refractivity contribution in [3.63, 3.8) is 0 Å². The molecular formula is C10H10ClN5O. The van der Waals surface area contributed by atoms with E-state index in [0.717, 1.165) is 0 Å². The van der Waals surface area contributed by atoms with Gasteiger partial charge in [-0.3, -0.25) is 4.79 Å². The first-order chi connectivity index (χ1) is 8.19. The molecular weight excluding hydrogens is 242 g/mol. The lowest BCUT2D eigenvalue weighted by molar-refractivity contribution is -0.113. The van der Waals surface area contributed by atoms with E-state index < -0.39 is 0 Å². The summed E-state index contributed by atoms with van der Waals surface area (Å²) in [4.78, 5) is 19.3. The van der Waals surface area contributed by atoms with Crippen LogP contribution in [-0.2, 0) is 4.79 Å². The zero-order valence-electron chi connectivity index (χ0n) is 9.09. The Hall–Kier alpha value is -1.95. The van der Waals surface area contributed by atoms with Crippen LogP contribution < -0.4 is 5.32 Å². The van der Waals surface area contributed by atoms with Crippen molar-refractivity contribution in [2.75, 3.05) is 11.2 Å². The minimum absolute atomic E-state index is 0.0977. The minimum atomic E-state index is -0.296. The van der Waals surface area contributed by atoms with Crippen LogP contribution in [-0.4, -0.2) is 31.5 Å². The molecule has 0 aliphatic carbocycles. The molecule has 0 aromatic carbocycles. The van der Waals surface area contributed by atoms with Crippen LogP contribution in [0.3, 0.4) is 0 Å². The monoisotopic (exact) mass is 251 g/mol. The Bertz CT molecular complexity index is 539. The van der Waals surface area contributed by atoms with Gasteiger partial charge in [0, 0.05) is 24.5 Å². The van der Waals surface area contributed by atoms with Crippen molar-refractivity contribution in [1.82, 2.24) is 19.7 Å². The Morgan fingerprint density at radius 2 is 2.35 bits per heavy atom. The van der Waals surface area contributed by atoms with Gasteiger partial charge in [0.25, 0.3) is 0 Å². The molecule has 0 aliphatic rings. The van der Waals surface area contributed by atoms with E-state index in [0.29, 0.717) is 17.5 Å². The van der Waals surface area contributed by atoms with Crippen molar-refractivity contribution in [2.45, 2.75) is 6.92 Å². The number of amides is 1. The van der Waals surface area contributed by atoms with E-state index in [1.807, 2.05) is 0 Å². The van der Waals surface area contributed by atoms with Crippen LogP contribution >= 0.6 is 11.6 Å². The van der Waals surface area contributed by atoms with Crippen molar-refractivity contribution in [3.8, 4) is 5.82 Å². The summed E-state index contributed by atoms with van der Waals surface area (Å²) in [5.74, 6) is 1.34. The quantitative estimate of drug-likeness (QED) is 0.831. The molecule has 0 radical (unpaired) electrons. The summed E-state index contributed by atoms with van der Waals surface area (Å²) in [6.45, 7) is 1.79. The molecule has 0 atom stereocenters. The zero-order valence-corrected chi connectivity index (χ0v) is 9.85. The highest BCUT2D eigenvalue weighted by atomic mass is 35.5. The molecule has 6 nitrogen and oxygen atoms in total. The smallest absolute Gasteiger partial charge is 0.240 e. The lowest BCUT2D eigenvalue weighted by atomic mass is 10.5. The van der Waals surface area contributed by atoms with Crippen LogP contribution in [0.1, 0.15) is 5.82 Å². The van der Waals surface area contributed by atoms with Gasteiger partial charge in [0.05, 0.1) is 0 Å². The first-order valence-corrected chi connectivity index (χ1v) is 5.44. The Labute approximate surface area is 103 Å². The average molecular weight is 252 g/mol. The van der Waals surface area contributed by atoms with E-state index >= 15 is 0 Å². The maximum absolute atomic E-state index is 11.1. The van der Waals surface area contributed by atoms with E-state index in [1.165, 1.54) is 0 Å². The van der Waals surface area contributed by atoms with Gasteiger partial charge in [-0.1, -0.05) is 0 Å². The minimum Gasteiger partial charge on any atom is -0.308 e. The predicted molar refractivity (Wildman–Crippen MR) is 63.2 cm³/mol. The third-order valence-electron chi connectivity index (χ3n) is 1.97. The van der Waals surface area contributed by atoms with Crippen molar-refractivity contribution < 1.29 is 4.79 Å². The highest BCUT2D eigenvalue weighted by molar-refractivity contribution is 6.28. The molecule has 0 bridgehead atoms. The number of aromatic nitrogens is 4. The first kappa shape index (κ1) is 11.5. The molecule has 1 N–H and O–H groups in total. The van der Waals surface area contributed by atoms with Crippen LogP contribution in [0.15, 0.2) is 24.5 Å². The van der Waals surface area contributed by atoms with E-state index in [9.17, 15) is 4.79 Å². The van der Waals surface area contributed by atoms with Crippen molar-refractivity contribution in [1.29, 1.82) is 0 Å². The number of aryl methyl sites for hydroxylation is 1. The molecule has 0 saturated carbocycles. The second-order valence-corrected chi connectivity index (χ2v) is 3.56. The number of carbonyl (C=O) groups is 1. The second kappa shape index (κ2) is 4.92. The Morgan fingerprint density at radius 1 is 1.53 bits per heavy atom. The largest absolute Gasteiger partial charge is 0.308 e. The SMILES string of the molecule is Cc1nccc(-n2ccc(NC(=O)CCl)n2)n1. The summed E-state index contributed by atoms with van der Waals surface area (Å²) in [6.07, 6.45) is 3.35. The number of rotatable bonds is 3. The first-order valence-electron chi connectivity index (χ1n) is 4.90. The molecule has 0 saturated heterocycles. The van der Waals surface area contributed by atoms with E-state index in [1.54, 1.807) is 36.1 Å². The van der Waals surface area contributed by atoms with Crippen molar-refractivity contribution in [2.24, 2.45) is 0 Å². The third kappa shape index (κ3) is 2.79. The van der Waals surface area contributed by atoms with Gasteiger partial charge in [0.15, 0.2) is 11.6 Å². The fraction of sp³-hybridized carbons (Fsp3) is 0.200. The molecule has 0 aliphatic heterocycles. The van der Waals surface area contributed by atoms with Gasteiger partial charge in [-0.25, -0.2) is 14.6 Å². The maximum Gasteiger partial charge on any atom is 0.240 e. The number of nitrogens with zero attached hydrogens (tertiary/aromatic N) is 4. The summed E-state index contributed by atoms with van der Waals surface area (Å²) in [5, 5.41) is 6.70. The van der Waals surface area contributed by atoms with Gasteiger partial charge >= 0.3 is 0 Å². The molecule has 17 heavy (non-hydrogen) atoms. The molecule has 88 valence electrons. The second-order valence-electron chi connectivity index (χ2n) is 3.29. The molecule has 7 heteroatoms. The Morgan fingerprint density at radius 3 is 3.06 bits per heavy atom. The van der Waals surface area contributed by atoms with Crippen LogP contribution in [0.25, 0.3) is 5.82 Å². The van der Waals surface area contributed by atoms with Gasteiger partial charge in [-0.2, -0.15) is 0 Å². The average Bonchev–Trinajstić information content (AvgIpc) is 2.77. The number of hydrogen-bond acceptors (Lipinski definition) is 4. The van der Waals surface area contributed by atoms with E-state index in [2.05, 4.69) is 20.4 Å². The number of halogens is 1. The highest BCUT2D eigenvalue weighted by Gasteiger charge is 2.05. The van der Waals surface area contributed by atoms with Crippen LogP contribution in [0.5, 0.6) is 0 Å². The Balaban J connectivity index is 2.21. The molecule has 2 heterocycles. The molecule has 2 aromatic rings. The van der Waals surface area contributed by atoms with Gasteiger partial charge in [-0.15, -0.1) is 16.7 Å². The molecule has 2 aromatic heterocycles. The standard InChI is InChI=1S/C10H10ClN5O/c1-7-12-4-2-9(13-7)16-5-3-8(15-16)14-10(17)6-11/h2-5H,6H2,1H3,(H,14,15,17). The summed E-state index contributed by atoms with van der Waals surface area (Å²) < 4.78 is 1.55. The number of nitrogens with one attached hydrogen (secondary N) is 1. The molecule has 0 unspecified atom stereocenters. The summed E-state index contributed by atoms with van der Waals surface area (Å²) in [7, 11) is 0. The van der Waals surface area contributed by atoms with Gasteiger partial charge in [0.2, 0.25) is 5.91 Å². The van der Waals surface area contributed by atoms with Crippen LogP contribution in [0, 0.1) is 6.92 Å². The molecule has 2 rings (SSSR count). The maximum atomic E-state index is 11.1. The van der Waals surface area contributed by atoms with Gasteiger partial charge < -0.3 is 5.32 Å². The van der Waals surface area contributed by atoms with Gasteiger partial charge in [0.1, 0.15) is 11.7 Å². The fourth-order valence-corrected chi connectivity index (χ4v) is 1.33. The third-order valence-corrected chi connectivity index (χ3v) is 2.22.